The van der Waals surface area contributed by atoms with E-state index in [0.717, 1.165) is 34.3 Å². The molecule has 3 heterocycles. The molecule has 3 aromatic rings. The van der Waals surface area contributed by atoms with Gasteiger partial charge in [-0.2, -0.15) is 0 Å². The highest BCUT2D eigenvalue weighted by Crippen LogP contribution is 2.28. The molecular weight excluding hydrogens is 414 g/mol. The zero-order valence-electron chi connectivity index (χ0n) is 17.9. The van der Waals surface area contributed by atoms with Gasteiger partial charge in [0.2, 0.25) is 5.91 Å². The summed E-state index contributed by atoms with van der Waals surface area (Å²) in [7, 11) is 0. The van der Waals surface area contributed by atoms with Crippen molar-refractivity contribution in [1.82, 2.24) is 20.2 Å². The normalized spacial score (nSPS) is 15.0. The molecule has 1 aliphatic rings. The first-order chi connectivity index (χ1) is 15.4. The largest absolute Gasteiger partial charge is 0.346 e. The fourth-order valence-electron chi connectivity index (χ4n) is 3.97. The molecule has 6 nitrogen and oxygen atoms in total. The van der Waals surface area contributed by atoms with E-state index in [4.69, 9.17) is 0 Å². The maximum Gasteiger partial charge on any atom is 0.257 e. The van der Waals surface area contributed by atoms with E-state index in [-0.39, 0.29) is 11.8 Å². The van der Waals surface area contributed by atoms with Crippen LogP contribution in [0.4, 0.5) is 8.78 Å². The second-order valence-corrected chi connectivity index (χ2v) is 8.16. The number of amides is 2. The number of carbonyl (C=O) groups is 2. The first-order valence-electron chi connectivity index (χ1n) is 10.5. The number of aromatic amines is 1. The van der Waals surface area contributed by atoms with Crippen molar-refractivity contribution in [2.24, 2.45) is 5.92 Å². The minimum absolute atomic E-state index is 0.258. The molecule has 0 spiro atoms. The second-order valence-electron chi connectivity index (χ2n) is 8.16. The van der Waals surface area contributed by atoms with Gasteiger partial charge in [0.05, 0.1) is 0 Å². The summed E-state index contributed by atoms with van der Waals surface area (Å²) in [6.07, 6.45) is 6.29. The Morgan fingerprint density at radius 1 is 1.16 bits per heavy atom. The van der Waals surface area contributed by atoms with E-state index < -0.39 is 29.1 Å². The molecule has 1 aromatic carbocycles. The molecule has 1 aliphatic heterocycles. The topological polar surface area (TPSA) is 78.1 Å². The molecule has 0 bridgehead atoms. The Morgan fingerprint density at radius 2 is 1.91 bits per heavy atom. The van der Waals surface area contributed by atoms with Crippen LogP contribution in [0.15, 0.2) is 48.8 Å². The predicted octanol–water partition coefficient (Wildman–Crippen LogP) is 3.91. The van der Waals surface area contributed by atoms with Gasteiger partial charge in [0.1, 0.15) is 28.9 Å². The maximum absolute atomic E-state index is 14.0. The zero-order chi connectivity index (χ0) is 22.8. The molecule has 1 atom stereocenters. The highest BCUT2D eigenvalue weighted by molar-refractivity contribution is 5.98. The number of aromatic nitrogens is 2. The van der Waals surface area contributed by atoms with Crippen LogP contribution in [0, 0.1) is 17.6 Å². The van der Waals surface area contributed by atoms with Crippen molar-refractivity contribution < 1.29 is 18.4 Å². The average Bonchev–Trinajstić information content (AvgIpc) is 3.21. The summed E-state index contributed by atoms with van der Waals surface area (Å²) >= 11 is 0. The van der Waals surface area contributed by atoms with Crippen LogP contribution in [0.25, 0.3) is 16.6 Å². The lowest BCUT2D eigenvalue weighted by Gasteiger charge is -2.32. The minimum atomic E-state index is -0.962. The van der Waals surface area contributed by atoms with Crippen molar-refractivity contribution >= 4 is 28.4 Å². The second kappa shape index (κ2) is 8.90. The SMILES string of the molecule is CC(C)[C@@H](NC(=O)c1c(F)cccc1F)C(=O)N1CC=C(c2c[nH]c3ncccc23)CC1. The number of hydrogen-bond acceptors (Lipinski definition) is 3. The number of rotatable bonds is 5. The van der Waals surface area contributed by atoms with Gasteiger partial charge in [-0.3, -0.25) is 9.59 Å². The number of nitrogens with one attached hydrogen (secondary N) is 2. The van der Waals surface area contributed by atoms with Crippen LogP contribution in [0.5, 0.6) is 0 Å². The number of hydrogen-bond donors (Lipinski definition) is 2. The van der Waals surface area contributed by atoms with E-state index in [1.165, 1.54) is 6.07 Å². The van der Waals surface area contributed by atoms with Crippen LogP contribution in [0.1, 0.15) is 36.2 Å². The summed E-state index contributed by atoms with van der Waals surface area (Å²) < 4.78 is 28.0. The number of nitrogens with zero attached hydrogens (tertiary/aromatic N) is 2. The third kappa shape index (κ3) is 4.12. The molecule has 0 unspecified atom stereocenters. The lowest BCUT2D eigenvalue weighted by Crippen LogP contribution is -2.52. The number of carbonyl (C=O) groups excluding carboxylic acids is 2. The maximum atomic E-state index is 14.0. The molecule has 0 radical (unpaired) electrons. The quantitative estimate of drug-likeness (QED) is 0.634. The number of halogens is 2. The lowest BCUT2D eigenvalue weighted by atomic mass is 9.97. The molecule has 4 rings (SSSR count). The first kappa shape index (κ1) is 21.7. The van der Waals surface area contributed by atoms with E-state index >= 15 is 0 Å². The molecule has 0 aliphatic carbocycles. The first-order valence-corrected chi connectivity index (χ1v) is 10.5. The third-order valence-electron chi connectivity index (χ3n) is 5.73. The summed E-state index contributed by atoms with van der Waals surface area (Å²) in [5.74, 6) is -3.40. The van der Waals surface area contributed by atoms with Crippen molar-refractivity contribution in [1.29, 1.82) is 0 Å². The molecule has 8 heteroatoms. The van der Waals surface area contributed by atoms with E-state index in [9.17, 15) is 18.4 Å². The number of H-pyrrole nitrogens is 1. The van der Waals surface area contributed by atoms with Crippen molar-refractivity contribution in [2.75, 3.05) is 13.1 Å². The average molecular weight is 438 g/mol. The van der Waals surface area contributed by atoms with Gasteiger partial charge in [0.15, 0.2) is 0 Å². The molecule has 2 amide bonds. The van der Waals surface area contributed by atoms with E-state index in [2.05, 4.69) is 15.3 Å². The Labute approximate surface area is 184 Å². The minimum Gasteiger partial charge on any atom is -0.346 e. The van der Waals surface area contributed by atoms with Gasteiger partial charge in [-0.25, -0.2) is 13.8 Å². The molecule has 166 valence electrons. The van der Waals surface area contributed by atoms with Crippen LogP contribution < -0.4 is 5.32 Å². The number of benzene rings is 1. The molecule has 2 N–H and O–H groups in total. The van der Waals surface area contributed by atoms with Gasteiger partial charge in [-0.15, -0.1) is 0 Å². The predicted molar refractivity (Wildman–Crippen MR) is 118 cm³/mol. The highest BCUT2D eigenvalue weighted by atomic mass is 19.1. The van der Waals surface area contributed by atoms with E-state index in [1.807, 2.05) is 24.4 Å². The Morgan fingerprint density at radius 3 is 2.56 bits per heavy atom. The van der Waals surface area contributed by atoms with Crippen LogP contribution in [-0.4, -0.2) is 45.8 Å². The summed E-state index contributed by atoms with van der Waals surface area (Å²) in [4.78, 5) is 34.8. The number of fused-ring (bicyclic) bond motifs is 1. The standard InChI is InChI=1S/C24H24F2N4O2/c1-14(2)21(29-23(31)20-18(25)6-3-7-19(20)26)24(32)30-11-8-15(9-12-30)17-13-28-22-16(17)5-4-10-27-22/h3-8,10,13-14,21H,9,11-12H2,1-2H3,(H,27,28)(H,29,31)/t21-/m1/s1. The molecule has 0 fully saturated rings. The summed E-state index contributed by atoms with van der Waals surface area (Å²) in [5, 5.41) is 3.56. The Hall–Kier alpha value is -3.55. The van der Waals surface area contributed by atoms with Gasteiger partial charge in [-0.05, 0) is 42.2 Å². The van der Waals surface area contributed by atoms with Gasteiger partial charge < -0.3 is 15.2 Å². The summed E-state index contributed by atoms with van der Waals surface area (Å²) in [6.45, 7) is 4.43. The van der Waals surface area contributed by atoms with Crippen LogP contribution in [-0.2, 0) is 4.79 Å². The van der Waals surface area contributed by atoms with Gasteiger partial charge >= 0.3 is 0 Å². The smallest absolute Gasteiger partial charge is 0.257 e. The Bertz CT molecular complexity index is 1180. The third-order valence-corrected chi connectivity index (χ3v) is 5.73. The summed E-state index contributed by atoms with van der Waals surface area (Å²) in [6, 6.07) is 6.21. The van der Waals surface area contributed by atoms with Gasteiger partial charge in [-0.1, -0.05) is 26.0 Å². The van der Waals surface area contributed by atoms with Crippen molar-refractivity contribution in [3.05, 3.63) is 71.6 Å². The Balaban J connectivity index is 1.49. The molecule has 32 heavy (non-hydrogen) atoms. The lowest BCUT2D eigenvalue weighted by molar-refractivity contribution is -0.133. The highest BCUT2D eigenvalue weighted by Gasteiger charge is 2.31. The van der Waals surface area contributed by atoms with Crippen LogP contribution in [0.3, 0.4) is 0 Å². The Kier molecular flexibility index (Phi) is 6.03. The number of pyridine rings is 1. The monoisotopic (exact) mass is 438 g/mol. The van der Waals surface area contributed by atoms with Crippen molar-refractivity contribution in [2.45, 2.75) is 26.3 Å². The summed E-state index contributed by atoms with van der Waals surface area (Å²) in [5.41, 5.74) is 2.31. The van der Waals surface area contributed by atoms with Crippen molar-refractivity contribution in [3.63, 3.8) is 0 Å². The van der Waals surface area contributed by atoms with Gasteiger partial charge in [0.25, 0.3) is 5.91 Å². The molecular formula is C24H24F2N4O2. The fourth-order valence-corrected chi connectivity index (χ4v) is 3.97. The zero-order valence-corrected chi connectivity index (χ0v) is 17.9. The van der Waals surface area contributed by atoms with E-state index in [0.29, 0.717) is 19.5 Å². The molecule has 0 saturated heterocycles. The van der Waals surface area contributed by atoms with Crippen molar-refractivity contribution in [3.8, 4) is 0 Å². The van der Waals surface area contributed by atoms with E-state index in [1.54, 1.807) is 24.9 Å². The van der Waals surface area contributed by atoms with Crippen LogP contribution in [0.2, 0.25) is 0 Å². The molecule has 0 saturated carbocycles. The van der Waals surface area contributed by atoms with Gasteiger partial charge in [0, 0.05) is 36.4 Å². The molecule has 2 aromatic heterocycles. The van der Waals surface area contributed by atoms with Crippen LogP contribution >= 0.6 is 0 Å². The fraction of sp³-hybridized carbons (Fsp3) is 0.292.